The van der Waals surface area contributed by atoms with Crippen LogP contribution in [0.2, 0.25) is 0 Å². The fraction of sp³-hybridized carbons (Fsp3) is 0.444. The number of nitrogens with zero attached hydrogens (tertiary/aromatic N) is 3. The van der Waals surface area contributed by atoms with Crippen LogP contribution in [-0.2, 0) is 4.79 Å². The molecule has 0 radical (unpaired) electrons. The second kappa shape index (κ2) is 8.35. The first-order chi connectivity index (χ1) is 12.6. The topological polar surface area (TPSA) is 75.2 Å². The Balaban J connectivity index is 1.65. The summed E-state index contributed by atoms with van der Waals surface area (Å²) in [7, 11) is 0. The summed E-state index contributed by atoms with van der Waals surface area (Å²) in [6, 6.07) is 5.70. The highest BCUT2D eigenvalue weighted by atomic mass is 32.1. The lowest BCUT2D eigenvalue weighted by Gasteiger charge is -2.31. The number of hydrogen-bond acceptors (Lipinski definition) is 5. The fourth-order valence-electron chi connectivity index (χ4n) is 3.02. The number of carbonyl (C=O) groups is 2. The summed E-state index contributed by atoms with van der Waals surface area (Å²) in [5.41, 5.74) is 0.376. The van der Waals surface area contributed by atoms with Crippen LogP contribution in [0.5, 0.6) is 0 Å². The van der Waals surface area contributed by atoms with E-state index >= 15 is 0 Å². The van der Waals surface area contributed by atoms with Crippen LogP contribution in [0, 0.1) is 5.82 Å². The average Bonchev–Trinajstić information content (AvgIpc) is 3.12. The van der Waals surface area contributed by atoms with Crippen molar-refractivity contribution >= 4 is 28.8 Å². The molecule has 0 bridgehead atoms. The first-order valence-electron chi connectivity index (χ1n) is 8.75. The predicted molar refractivity (Wildman–Crippen MR) is 97.7 cm³/mol. The van der Waals surface area contributed by atoms with Crippen molar-refractivity contribution in [1.82, 2.24) is 15.1 Å². The van der Waals surface area contributed by atoms with E-state index in [1.807, 2.05) is 11.8 Å². The van der Waals surface area contributed by atoms with E-state index in [9.17, 15) is 14.0 Å². The molecule has 1 aromatic carbocycles. The number of benzene rings is 1. The van der Waals surface area contributed by atoms with Gasteiger partial charge in [0.25, 0.3) is 5.91 Å². The third kappa shape index (κ3) is 4.43. The number of piperidine rings is 1. The van der Waals surface area contributed by atoms with Gasteiger partial charge in [0.2, 0.25) is 10.9 Å². The number of anilines is 1. The van der Waals surface area contributed by atoms with Gasteiger partial charge in [-0.2, -0.15) is 0 Å². The number of rotatable bonds is 5. The highest BCUT2D eigenvalue weighted by Crippen LogP contribution is 2.29. The van der Waals surface area contributed by atoms with Crippen LogP contribution >= 0.6 is 11.3 Å². The van der Waals surface area contributed by atoms with Gasteiger partial charge in [0.15, 0.2) is 0 Å². The number of carbonyl (C=O) groups excluding carboxylic acids is 2. The van der Waals surface area contributed by atoms with Gasteiger partial charge < -0.3 is 10.2 Å². The third-order valence-corrected chi connectivity index (χ3v) is 5.39. The molecular formula is C18H21FN4O2S. The van der Waals surface area contributed by atoms with Gasteiger partial charge in [0, 0.05) is 31.1 Å². The number of likely N-dealkylation sites (tertiary alicyclic amines) is 1. The molecule has 6 nitrogen and oxygen atoms in total. The highest BCUT2D eigenvalue weighted by molar-refractivity contribution is 7.13. The van der Waals surface area contributed by atoms with Gasteiger partial charge >= 0.3 is 0 Å². The van der Waals surface area contributed by atoms with Crippen molar-refractivity contribution in [2.75, 3.05) is 18.4 Å². The smallest absolute Gasteiger partial charge is 0.286 e. The van der Waals surface area contributed by atoms with Crippen molar-refractivity contribution in [2.45, 2.75) is 38.5 Å². The Labute approximate surface area is 155 Å². The van der Waals surface area contributed by atoms with E-state index in [2.05, 4.69) is 15.5 Å². The lowest BCUT2D eigenvalue weighted by Crippen LogP contribution is -2.38. The molecule has 1 unspecified atom stereocenters. The molecule has 0 aliphatic carbocycles. The minimum Gasteiger partial charge on any atom is -0.342 e. The van der Waals surface area contributed by atoms with Gasteiger partial charge in [-0.1, -0.05) is 24.3 Å². The van der Waals surface area contributed by atoms with Gasteiger partial charge in [-0.15, -0.1) is 10.2 Å². The molecule has 138 valence electrons. The summed E-state index contributed by atoms with van der Waals surface area (Å²) < 4.78 is 13.2. The molecule has 1 aliphatic heterocycles. The highest BCUT2D eigenvalue weighted by Gasteiger charge is 2.27. The lowest BCUT2D eigenvalue weighted by atomic mass is 9.98. The molecule has 8 heteroatoms. The number of nitrogens with one attached hydrogen (secondary N) is 1. The molecule has 2 amide bonds. The van der Waals surface area contributed by atoms with E-state index in [1.54, 1.807) is 6.07 Å². The normalized spacial score (nSPS) is 17.2. The maximum absolute atomic E-state index is 13.2. The quantitative estimate of drug-likeness (QED) is 0.867. The van der Waals surface area contributed by atoms with Crippen molar-refractivity contribution in [3.63, 3.8) is 0 Å². The second-order valence-corrected chi connectivity index (χ2v) is 7.35. The van der Waals surface area contributed by atoms with Crippen molar-refractivity contribution < 1.29 is 14.0 Å². The summed E-state index contributed by atoms with van der Waals surface area (Å²) in [6.45, 7) is 3.40. The molecule has 0 spiro atoms. The van der Waals surface area contributed by atoms with Crippen LogP contribution in [0.3, 0.4) is 0 Å². The van der Waals surface area contributed by atoms with Crippen molar-refractivity contribution in [3.8, 4) is 0 Å². The molecule has 1 fully saturated rings. The minimum absolute atomic E-state index is 0.109. The van der Waals surface area contributed by atoms with Gasteiger partial charge in [0.05, 0.1) is 0 Å². The molecule has 2 heterocycles. The summed E-state index contributed by atoms with van der Waals surface area (Å²) in [5, 5.41) is 11.8. The van der Waals surface area contributed by atoms with Crippen LogP contribution in [0.1, 0.15) is 53.3 Å². The zero-order valence-electron chi connectivity index (χ0n) is 14.6. The molecule has 26 heavy (non-hydrogen) atoms. The number of aromatic nitrogens is 2. The van der Waals surface area contributed by atoms with E-state index in [1.165, 1.54) is 29.5 Å². The molecule has 2 aromatic rings. The van der Waals surface area contributed by atoms with Crippen LogP contribution in [0.15, 0.2) is 24.3 Å². The number of amides is 2. The third-order valence-electron chi connectivity index (χ3n) is 4.30. The molecule has 1 saturated heterocycles. The van der Waals surface area contributed by atoms with Gasteiger partial charge in [-0.05, 0) is 37.5 Å². The molecule has 1 aromatic heterocycles. The van der Waals surface area contributed by atoms with Crippen molar-refractivity contribution in [3.05, 3.63) is 40.1 Å². The van der Waals surface area contributed by atoms with Gasteiger partial charge in [0.1, 0.15) is 10.8 Å². The van der Waals surface area contributed by atoms with Crippen LogP contribution in [0.4, 0.5) is 10.1 Å². The van der Waals surface area contributed by atoms with Crippen molar-refractivity contribution in [1.29, 1.82) is 0 Å². The zero-order chi connectivity index (χ0) is 18.5. The lowest BCUT2D eigenvalue weighted by molar-refractivity contribution is -0.132. The largest absolute Gasteiger partial charge is 0.342 e. The standard InChI is InChI=1S/C18H21FN4O2S/c1-2-5-15(24)23-9-4-6-12(11-23)17-21-22-18(26-17)16(25)20-14-8-3-7-13(19)10-14/h3,7-8,10,12H,2,4-6,9,11H2,1H3,(H,20,25). The summed E-state index contributed by atoms with van der Waals surface area (Å²) in [4.78, 5) is 26.3. The maximum atomic E-state index is 13.2. The summed E-state index contributed by atoms with van der Waals surface area (Å²) in [6.07, 6.45) is 3.24. The average molecular weight is 376 g/mol. The van der Waals surface area contributed by atoms with Crippen molar-refractivity contribution in [2.24, 2.45) is 0 Å². The van der Waals surface area contributed by atoms with E-state index in [0.717, 1.165) is 30.8 Å². The Kier molecular flexibility index (Phi) is 5.92. The molecule has 1 N–H and O–H groups in total. The first kappa shape index (κ1) is 18.4. The van der Waals surface area contributed by atoms with Gasteiger partial charge in [-0.3, -0.25) is 9.59 Å². The molecule has 1 atom stereocenters. The van der Waals surface area contributed by atoms with E-state index in [0.29, 0.717) is 18.7 Å². The van der Waals surface area contributed by atoms with Crippen LogP contribution in [-0.4, -0.2) is 40.0 Å². The molecule has 0 saturated carbocycles. The second-order valence-electron chi connectivity index (χ2n) is 6.34. The number of hydrogen-bond donors (Lipinski definition) is 1. The SMILES string of the molecule is CCCC(=O)N1CCCC(c2nnc(C(=O)Nc3cccc(F)c3)s2)C1. The zero-order valence-corrected chi connectivity index (χ0v) is 15.4. The van der Waals surface area contributed by atoms with E-state index < -0.39 is 11.7 Å². The number of halogens is 1. The fourth-order valence-corrected chi connectivity index (χ4v) is 3.88. The Morgan fingerprint density at radius 2 is 2.23 bits per heavy atom. The Bertz CT molecular complexity index is 795. The predicted octanol–water partition coefficient (Wildman–Crippen LogP) is 3.44. The monoisotopic (exact) mass is 376 g/mol. The maximum Gasteiger partial charge on any atom is 0.286 e. The van der Waals surface area contributed by atoms with Crippen LogP contribution in [0.25, 0.3) is 0 Å². The Morgan fingerprint density at radius 3 is 3.00 bits per heavy atom. The molecule has 3 rings (SSSR count). The molecular weight excluding hydrogens is 355 g/mol. The van der Waals surface area contributed by atoms with E-state index in [4.69, 9.17) is 0 Å². The molecule has 1 aliphatic rings. The minimum atomic E-state index is -0.417. The van der Waals surface area contributed by atoms with E-state index in [-0.39, 0.29) is 16.8 Å². The summed E-state index contributed by atoms with van der Waals surface area (Å²) >= 11 is 1.23. The summed E-state index contributed by atoms with van der Waals surface area (Å²) in [5.74, 6) is -0.544. The Morgan fingerprint density at radius 1 is 1.38 bits per heavy atom. The first-order valence-corrected chi connectivity index (χ1v) is 9.56. The van der Waals surface area contributed by atoms with Gasteiger partial charge in [-0.25, -0.2) is 4.39 Å². The van der Waals surface area contributed by atoms with Crippen LogP contribution < -0.4 is 5.32 Å². The Hall–Kier alpha value is -2.35.